The maximum Gasteiger partial charge on any atom is 0.102 e. The molecular weight excluding hydrogens is 174 g/mol. The van der Waals surface area contributed by atoms with Crippen molar-refractivity contribution in [1.82, 2.24) is 4.98 Å². The predicted octanol–water partition coefficient (Wildman–Crippen LogP) is 2.27. The van der Waals surface area contributed by atoms with Crippen LogP contribution < -0.4 is 0 Å². The summed E-state index contributed by atoms with van der Waals surface area (Å²) in [5.74, 6) is 0. The van der Waals surface area contributed by atoms with Crippen molar-refractivity contribution in [3.05, 3.63) is 28.5 Å². The second-order valence-electron chi connectivity index (χ2n) is 3.40. The van der Waals surface area contributed by atoms with Gasteiger partial charge in [-0.05, 0) is 32.4 Å². The van der Waals surface area contributed by atoms with Crippen molar-refractivity contribution in [2.24, 2.45) is 0 Å². The summed E-state index contributed by atoms with van der Waals surface area (Å²) in [5, 5.41) is 10.1. The van der Waals surface area contributed by atoms with Crippen molar-refractivity contribution in [2.45, 2.75) is 26.4 Å². The van der Waals surface area contributed by atoms with Crippen LogP contribution in [0.25, 0.3) is 0 Å². The quantitative estimate of drug-likeness (QED) is 0.728. The molecule has 1 aromatic heterocycles. The summed E-state index contributed by atoms with van der Waals surface area (Å²) in [6, 6.07) is 1.79. The highest BCUT2D eigenvalue weighted by Crippen LogP contribution is 2.25. The van der Waals surface area contributed by atoms with E-state index < -0.39 is 5.60 Å². The highest BCUT2D eigenvalue weighted by atomic mass is 35.5. The maximum atomic E-state index is 9.61. The summed E-state index contributed by atoms with van der Waals surface area (Å²) in [7, 11) is 0. The molecule has 0 aliphatic heterocycles. The average molecular weight is 186 g/mol. The standard InChI is InChI=1S/C9H12ClNO/c1-6-4-7(10)8(11-5-6)9(2,3)12/h4-5,12H,1-3H3. The van der Waals surface area contributed by atoms with E-state index in [2.05, 4.69) is 4.98 Å². The Bertz CT molecular complexity index is 291. The Hall–Kier alpha value is -0.600. The fourth-order valence-electron chi connectivity index (χ4n) is 0.984. The van der Waals surface area contributed by atoms with Crippen molar-refractivity contribution < 1.29 is 5.11 Å². The molecule has 0 aliphatic carbocycles. The molecule has 0 unspecified atom stereocenters. The summed E-state index contributed by atoms with van der Waals surface area (Å²) in [4.78, 5) is 4.07. The molecule has 1 aromatic rings. The largest absolute Gasteiger partial charge is 0.384 e. The van der Waals surface area contributed by atoms with Crippen LogP contribution in [0.5, 0.6) is 0 Å². The van der Waals surface area contributed by atoms with Gasteiger partial charge in [-0.25, -0.2) is 0 Å². The normalized spacial score (nSPS) is 11.8. The summed E-state index contributed by atoms with van der Waals surface area (Å²) in [5.41, 5.74) is 0.549. The third-order valence-corrected chi connectivity index (χ3v) is 1.85. The average Bonchev–Trinajstić information content (AvgIpc) is 1.83. The zero-order chi connectivity index (χ0) is 9.35. The van der Waals surface area contributed by atoms with Crippen LogP contribution in [-0.4, -0.2) is 10.1 Å². The van der Waals surface area contributed by atoms with E-state index in [1.54, 1.807) is 26.1 Å². The minimum Gasteiger partial charge on any atom is -0.384 e. The van der Waals surface area contributed by atoms with Crippen molar-refractivity contribution in [3.63, 3.8) is 0 Å². The molecule has 0 radical (unpaired) electrons. The van der Waals surface area contributed by atoms with E-state index in [0.717, 1.165) is 5.56 Å². The van der Waals surface area contributed by atoms with Crippen LogP contribution >= 0.6 is 11.6 Å². The van der Waals surface area contributed by atoms with Crippen LogP contribution in [0.2, 0.25) is 5.02 Å². The Balaban J connectivity index is 3.19. The number of hydrogen-bond donors (Lipinski definition) is 1. The van der Waals surface area contributed by atoms with Gasteiger partial charge in [0, 0.05) is 6.20 Å². The summed E-state index contributed by atoms with van der Waals surface area (Å²) in [6.45, 7) is 5.24. The second-order valence-corrected chi connectivity index (χ2v) is 3.81. The monoisotopic (exact) mass is 185 g/mol. The first-order valence-corrected chi connectivity index (χ1v) is 4.14. The second kappa shape index (κ2) is 3.04. The molecule has 1 N–H and O–H groups in total. The van der Waals surface area contributed by atoms with E-state index in [1.165, 1.54) is 0 Å². The minimum atomic E-state index is -0.967. The first kappa shape index (κ1) is 9.49. The zero-order valence-electron chi connectivity index (χ0n) is 7.43. The highest BCUT2D eigenvalue weighted by molar-refractivity contribution is 6.31. The van der Waals surface area contributed by atoms with Gasteiger partial charge in [-0.3, -0.25) is 4.98 Å². The van der Waals surface area contributed by atoms with Gasteiger partial charge in [-0.2, -0.15) is 0 Å². The van der Waals surface area contributed by atoms with E-state index in [0.29, 0.717) is 10.7 Å². The topological polar surface area (TPSA) is 33.1 Å². The summed E-state index contributed by atoms with van der Waals surface area (Å²) >= 11 is 5.89. The fraction of sp³-hybridized carbons (Fsp3) is 0.444. The van der Waals surface area contributed by atoms with Gasteiger partial charge in [-0.1, -0.05) is 11.6 Å². The molecule has 12 heavy (non-hydrogen) atoms. The molecule has 0 aliphatic rings. The van der Waals surface area contributed by atoms with Crippen LogP contribution in [-0.2, 0) is 5.60 Å². The lowest BCUT2D eigenvalue weighted by molar-refractivity contribution is 0.0739. The molecule has 0 atom stereocenters. The Morgan fingerprint density at radius 2 is 2.08 bits per heavy atom. The van der Waals surface area contributed by atoms with Crippen molar-refractivity contribution in [2.75, 3.05) is 0 Å². The highest BCUT2D eigenvalue weighted by Gasteiger charge is 2.20. The Labute approximate surface area is 77.2 Å². The van der Waals surface area contributed by atoms with E-state index >= 15 is 0 Å². The molecule has 1 rings (SSSR count). The van der Waals surface area contributed by atoms with Crippen LogP contribution in [0.4, 0.5) is 0 Å². The molecular formula is C9H12ClNO. The van der Waals surface area contributed by atoms with Gasteiger partial charge in [-0.15, -0.1) is 0 Å². The van der Waals surface area contributed by atoms with Crippen LogP contribution in [0.15, 0.2) is 12.3 Å². The Kier molecular flexibility index (Phi) is 2.40. The molecule has 66 valence electrons. The van der Waals surface area contributed by atoms with Crippen molar-refractivity contribution >= 4 is 11.6 Å². The smallest absolute Gasteiger partial charge is 0.102 e. The molecule has 3 heteroatoms. The lowest BCUT2D eigenvalue weighted by Crippen LogP contribution is -2.18. The SMILES string of the molecule is Cc1cnc(C(C)(C)O)c(Cl)c1. The third-order valence-electron chi connectivity index (χ3n) is 1.56. The molecule has 0 saturated heterocycles. The molecule has 0 amide bonds. The van der Waals surface area contributed by atoms with E-state index in [1.807, 2.05) is 6.92 Å². The lowest BCUT2D eigenvalue weighted by Gasteiger charge is -2.17. The number of aromatic nitrogens is 1. The number of aryl methyl sites for hydroxylation is 1. The number of hydrogen-bond acceptors (Lipinski definition) is 2. The minimum absolute atomic E-state index is 0.516. The zero-order valence-corrected chi connectivity index (χ0v) is 8.18. The van der Waals surface area contributed by atoms with Gasteiger partial charge in [0.2, 0.25) is 0 Å². The summed E-state index contributed by atoms with van der Waals surface area (Å²) in [6.07, 6.45) is 1.69. The van der Waals surface area contributed by atoms with Crippen LogP contribution in [0.1, 0.15) is 25.1 Å². The van der Waals surface area contributed by atoms with E-state index in [4.69, 9.17) is 11.6 Å². The lowest BCUT2D eigenvalue weighted by atomic mass is 10.0. The van der Waals surface area contributed by atoms with E-state index in [-0.39, 0.29) is 0 Å². The molecule has 2 nitrogen and oxygen atoms in total. The van der Waals surface area contributed by atoms with Gasteiger partial charge in [0.25, 0.3) is 0 Å². The molecule has 0 fully saturated rings. The van der Waals surface area contributed by atoms with Gasteiger partial charge in [0.05, 0.1) is 10.7 Å². The predicted molar refractivity (Wildman–Crippen MR) is 49.2 cm³/mol. The molecule has 0 spiro atoms. The molecule has 0 saturated carbocycles. The number of rotatable bonds is 1. The number of nitrogens with zero attached hydrogens (tertiary/aromatic N) is 1. The van der Waals surface area contributed by atoms with Gasteiger partial charge < -0.3 is 5.11 Å². The van der Waals surface area contributed by atoms with E-state index in [9.17, 15) is 5.11 Å². The van der Waals surface area contributed by atoms with Crippen molar-refractivity contribution in [3.8, 4) is 0 Å². The molecule has 0 aromatic carbocycles. The van der Waals surface area contributed by atoms with Crippen LogP contribution in [0, 0.1) is 6.92 Å². The first-order chi connectivity index (χ1) is 5.41. The number of halogens is 1. The number of aliphatic hydroxyl groups is 1. The first-order valence-electron chi connectivity index (χ1n) is 3.76. The molecule has 1 heterocycles. The summed E-state index contributed by atoms with van der Waals surface area (Å²) < 4.78 is 0. The Morgan fingerprint density at radius 1 is 1.50 bits per heavy atom. The number of pyridine rings is 1. The molecule has 0 bridgehead atoms. The maximum absolute atomic E-state index is 9.61. The third kappa shape index (κ3) is 1.96. The van der Waals surface area contributed by atoms with Gasteiger partial charge in [0.1, 0.15) is 5.60 Å². The van der Waals surface area contributed by atoms with Gasteiger partial charge >= 0.3 is 0 Å². The van der Waals surface area contributed by atoms with Crippen LogP contribution in [0.3, 0.4) is 0 Å². The van der Waals surface area contributed by atoms with Gasteiger partial charge in [0.15, 0.2) is 0 Å². The fourth-order valence-corrected chi connectivity index (χ4v) is 1.44. The van der Waals surface area contributed by atoms with Crippen molar-refractivity contribution in [1.29, 1.82) is 0 Å². The Morgan fingerprint density at radius 3 is 2.50 bits per heavy atom.